The zero-order chi connectivity index (χ0) is 26.2. The molecule has 7 heteroatoms. The molecular formula is C30H38FN3O2S. The molecular weight excluding hydrogens is 485 g/mol. The van der Waals surface area contributed by atoms with Crippen LogP contribution in [0.15, 0.2) is 59.5 Å². The van der Waals surface area contributed by atoms with E-state index in [0.29, 0.717) is 23.1 Å². The Balaban J connectivity index is 1.34. The van der Waals surface area contributed by atoms with Crippen molar-refractivity contribution in [1.29, 1.82) is 0 Å². The number of hydrogen-bond acceptors (Lipinski definition) is 4. The Morgan fingerprint density at radius 3 is 2.62 bits per heavy atom. The molecule has 0 radical (unpaired) electrons. The molecule has 5 nitrogen and oxygen atoms in total. The third kappa shape index (κ3) is 7.45. The van der Waals surface area contributed by atoms with Crippen molar-refractivity contribution in [2.75, 3.05) is 19.6 Å². The van der Waals surface area contributed by atoms with Crippen LogP contribution in [0.25, 0.3) is 6.08 Å². The first kappa shape index (κ1) is 27.4. The van der Waals surface area contributed by atoms with Crippen molar-refractivity contribution in [2.24, 2.45) is 0 Å². The third-order valence-electron chi connectivity index (χ3n) is 7.23. The van der Waals surface area contributed by atoms with Crippen LogP contribution in [0, 0.1) is 5.82 Å². The molecule has 2 atom stereocenters. The van der Waals surface area contributed by atoms with Gasteiger partial charge in [0.1, 0.15) is 12.4 Å². The first-order valence-electron chi connectivity index (χ1n) is 13.4. The van der Waals surface area contributed by atoms with Gasteiger partial charge in [0.15, 0.2) is 0 Å². The van der Waals surface area contributed by atoms with Gasteiger partial charge in [-0.1, -0.05) is 61.4 Å². The lowest BCUT2D eigenvalue weighted by Crippen LogP contribution is -2.54. The Hall–Kier alpha value is -2.64. The van der Waals surface area contributed by atoms with Crippen LogP contribution in [0.2, 0.25) is 0 Å². The van der Waals surface area contributed by atoms with E-state index >= 15 is 0 Å². The summed E-state index contributed by atoms with van der Waals surface area (Å²) in [6, 6.07) is 17.4. The zero-order valence-corrected chi connectivity index (χ0v) is 22.7. The SMILES string of the molecule is CC(C)N(CCCNC(=O)CN1C(=O)/C(=C/c2ccccc2F)SC2CCCCC21)Cc1ccccc1. The van der Waals surface area contributed by atoms with Crippen molar-refractivity contribution >= 4 is 29.7 Å². The van der Waals surface area contributed by atoms with Gasteiger partial charge in [0, 0.05) is 42.5 Å². The Labute approximate surface area is 224 Å². The third-order valence-corrected chi connectivity index (χ3v) is 8.63. The maximum Gasteiger partial charge on any atom is 0.261 e. The molecule has 1 aliphatic carbocycles. The standard InChI is InChI=1S/C30H38FN3O2S/c1-22(2)33(20-23-11-4-3-5-12-23)18-10-17-32-29(35)21-34-26-15-8-9-16-27(26)37-28(30(34)36)19-24-13-6-7-14-25(24)31/h3-7,11-14,19,22,26-27H,8-10,15-18,20-21H2,1-2H3,(H,32,35)/b28-19-. The highest BCUT2D eigenvalue weighted by molar-refractivity contribution is 8.04. The average molecular weight is 524 g/mol. The van der Waals surface area contributed by atoms with Gasteiger partial charge in [0.05, 0.1) is 4.91 Å². The molecule has 198 valence electrons. The van der Waals surface area contributed by atoms with Crippen LogP contribution in [0.3, 0.4) is 0 Å². The molecule has 37 heavy (non-hydrogen) atoms. The molecule has 2 aromatic rings. The second kappa shape index (κ2) is 13.2. The minimum Gasteiger partial charge on any atom is -0.355 e. The summed E-state index contributed by atoms with van der Waals surface area (Å²) >= 11 is 1.55. The van der Waals surface area contributed by atoms with Crippen LogP contribution in [0.5, 0.6) is 0 Å². The van der Waals surface area contributed by atoms with E-state index in [1.165, 1.54) is 11.6 Å². The number of nitrogens with zero attached hydrogens (tertiary/aromatic N) is 2. The van der Waals surface area contributed by atoms with Gasteiger partial charge in [-0.25, -0.2) is 4.39 Å². The van der Waals surface area contributed by atoms with Crippen molar-refractivity contribution in [3.05, 3.63) is 76.4 Å². The van der Waals surface area contributed by atoms with E-state index in [1.54, 1.807) is 40.9 Å². The molecule has 0 bridgehead atoms. The van der Waals surface area contributed by atoms with Gasteiger partial charge in [-0.2, -0.15) is 0 Å². The summed E-state index contributed by atoms with van der Waals surface area (Å²) in [6.07, 6.45) is 6.57. The van der Waals surface area contributed by atoms with Crippen molar-refractivity contribution < 1.29 is 14.0 Å². The van der Waals surface area contributed by atoms with E-state index in [-0.39, 0.29) is 35.5 Å². The molecule has 0 aromatic heterocycles. The molecule has 2 aromatic carbocycles. The number of hydrogen-bond donors (Lipinski definition) is 1. The van der Waals surface area contributed by atoms with Crippen LogP contribution in [0.1, 0.15) is 57.1 Å². The second-order valence-corrected chi connectivity index (χ2v) is 11.5. The van der Waals surface area contributed by atoms with Crippen LogP contribution in [-0.4, -0.2) is 58.6 Å². The van der Waals surface area contributed by atoms with Crippen molar-refractivity contribution in [2.45, 2.75) is 69.8 Å². The minimum absolute atomic E-state index is 0.0487. The van der Waals surface area contributed by atoms with Gasteiger partial charge in [-0.05, 0) is 50.8 Å². The van der Waals surface area contributed by atoms with E-state index in [9.17, 15) is 14.0 Å². The van der Waals surface area contributed by atoms with Crippen molar-refractivity contribution in [3.8, 4) is 0 Å². The lowest BCUT2D eigenvalue weighted by Gasteiger charge is -2.43. The smallest absolute Gasteiger partial charge is 0.261 e. The maximum absolute atomic E-state index is 14.3. The fourth-order valence-corrected chi connectivity index (χ4v) is 6.62. The number of amides is 2. The van der Waals surface area contributed by atoms with Gasteiger partial charge < -0.3 is 10.2 Å². The monoisotopic (exact) mass is 523 g/mol. The fourth-order valence-electron chi connectivity index (χ4n) is 5.15. The van der Waals surface area contributed by atoms with E-state index in [0.717, 1.165) is 45.2 Å². The summed E-state index contributed by atoms with van der Waals surface area (Å²) in [5.74, 6) is -0.643. The average Bonchev–Trinajstić information content (AvgIpc) is 2.90. The Morgan fingerprint density at radius 1 is 1.14 bits per heavy atom. The van der Waals surface area contributed by atoms with E-state index in [1.807, 2.05) is 6.07 Å². The van der Waals surface area contributed by atoms with Gasteiger partial charge in [-0.15, -0.1) is 11.8 Å². The highest BCUT2D eigenvalue weighted by Crippen LogP contribution is 2.42. The number of thioether (sulfide) groups is 1. The Morgan fingerprint density at radius 2 is 1.86 bits per heavy atom. The number of carbonyl (C=O) groups is 2. The topological polar surface area (TPSA) is 52.7 Å². The summed E-state index contributed by atoms with van der Waals surface area (Å²) in [5.41, 5.74) is 1.69. The maximum atomic E-state index is 14.3. The number of benzene rings is 2. The molecule has 1 N–H and O–H groups in total. The fraction of sp³-hybridized carbons (Fsp3) is 0.467. The minimum atomic E-state index is -0.346. The predicted molar refractivity (Wildman–Crippen MR) is 149 cm³/mol. The normalized spacial score (nSPS) is 20.9. The summed E-state index contributed by atoms with van der Waals surface area (Å²) in [7, 11) is 0. The summed E-state index contributed by atoms with van der Waals surface area (Å²) in [5, 5.41) is 3.28. The molecule has 2 amide bonds. The lowest BCUT2D eigenvalue weighted by atomic mass is 9.93. The molecule has 0 spiro atoms. The molecule has 2 unspecified atom stereocenters. The molecule has 1 heterocycles. The Bertz CT molecular complexity index is 1090. The molecule has 2 aliphatic rings. The molecule has 1 saturated carbocycles. The zero-order valence-electron chi connectivity index (χ0n) is 21.9. The number of rotatable bonds is 10. The molecule has 2 fully saturated rings. The van der Waals surface area contributed by atoms with Crippen LogP contribution < -0.4 is 5.32 Å². The summed E-state index contributed by atoms with van der Waals surface area (Å²) < 4.78 is 14.3. The second-order valence-electron chi connectivity index (χ2n) is 10.2. The highest BCUT2D eigenvalue weighted by atomic mass is 32.2. The van der Waals surface area contributed by atoms with E-state index < -0.39 is 0 Å². The number of nitrogens with one attached hydrogen (secondary N) is 1. The van der Waals surface area contributed by atoms with Crippen molar-refractivity contribution in [3.63, 3.8) is 0 Å². The van der Waals surface area contributed by atoms with Gasteiger partial charge in [-0.3, -0.25) is 14.5 Å². The van der Waals surface area contributed by atoms with E-state index in [4.69, 9.17) is 0 Å². The van der Waals surface area contributed by atoms with Gasteiger partial charge in [0.2, 0.25) is 5.91 Å². The van der Waals surface area contributed by atoms with Gasteiger partial charge in [0.25, 0.3) is 5.91 Å². The van der Waals surface area contributed by atoms with Crippen LogP contribution >= 0.6 is 11.8 Å². The molecule has 1 saturated heterocycles. The van der Waals surface area contributed by atoms with Gasteiger partial charge >= 0.3 is 0 Å². The summed E-state index contributed by atoms with van der Waals surface area (Å²) in [6.45, 7) is 6.76. The summed E-state index contributed by atoms with van der Waals surface area (Å²) in [4.78, 5) is 31.0. The quantitative estimate of drug-likeness (QED) is 0.331. The number of halogens is 1. The largest absolute Gasteiger partial charge is 0.355 e. The first-order valence-corrected chi connectivity index (χ1v) is 14.3. The highest BCUT2D eigenvalue weighted by Gasteiger charge is 2.41. The number of carbonyl (C=O) groups excluding carboxylic acids is 2. The predicted octanol–water partition coefficient (Wildman–Crippen LogP) is 5.47. The molecule has 4 rings (SSSR count). The Kier molecular flexibility index (Phi) is 9.81. The van der Waals surface area contributed by atoms with Crippen LogP contribution in [-0.2, 0) is 16.1 Å². The first-order chi connectivity index (χ1) is 17.9. The molecule has 1 aliphatic heterocycles. The lowest BCUT2D eigenvalue weighted by molar-refractivity contribution is -0.135. The van der Waals surface area contributed by atoms with Crippen molar-refractivity contribution in [1.82, 2.24) is 15.1 Å². The number of fused-ring (bicyclic) bond motifs is 1. The van der Waals surface area contributed by atoms with E-state index in [2.05, 4.69) is 48.3 Å². The van der Waals surface area contributed by atoms with Crippen LogP contribution in [0.4, 0.5) is 4.39 Å².